The highest BCUT2D eigenvalue weighted by Crippen LogP contribution is 2.54. The largest absolute Gasteiger partial charge is 0.497 e. The number of anilines is 1. The number of hydrogen-bond donors (Lipinski definition) is 1. The average molecular weight is 398 g/mol. The van der Waals surface area contributed by atoms with Crippen LogP contribution in [0.3, 0.4) is 0 Å². The fraction of sp³-hybridized carbons (Fsp3) is 0.167. The van der Waals surface area contributed by atoms with E-state index in [0.717, 1.165) is 38.5 Å². The topological polar surface area (TPSA) is 82.8 Å². The summed E-state index contributed by atoms with van der Waals surface area (Å²) in [4.78, 5) is 0.983. The van der Waals surface area contributed by atoms with Crippen molar-refractivity contribution in [3.05, 3.63) is 76.3 Å². The normalized spacial score (nSPS) is 14.7. The van der Waals surface area contributed by atoms with Crippen LogP contribution in [0.4, 0.5) is 5.69 Å². The molecule has 0 spiro atoms. The fourth-order valence-electron chi connectivity index (χ4n) is 3.74. The Kier molecular flexibility index (Phi) is 4.92. The molecule has 3 aromatic rings. The number of nitrogens with zero attached hydrogens (tertiary/aromatic N) is 2. The first kappa shape index (κ1) is 18.9. The van der Waals surface area contributed by atoms with Crippen molar-refractivity contribution in [2.75, 3.05) is 12.8 Å². The predicted molar refractivity (Wildman–Crippen MR) is 116 cm³/mol. The highest BCUT2D eigenvalue weighted by molar-refractivity contribution is 8.00. The molecule has 0 radical (unpaired) electrons. The zero-order valence-corrected chi connectivity index (χ0v) is 17.0. The number of aryl methyl sites for hydroxylation is 1. The number of hydrogen-bond acceptors (Lipinski definition) is 5. The maximum absolute atomic E-state index is 9.84. The second kappa shape index (κ2) is 7.54. The summed E-state index contributed by atoms with van der Waals surface area (Å²) in [5.74, 6) is 0.809. The van der Waals surface area contributed by atoms with Crippen molar-refractivity contribution in [2.24, 2.45) is 0 Å². The van der Waals surface area contributed by atoms with Gasteiger partial charge >= 0.3 is 0 Å². The van der Waals surface area contributed by atoms with Gasteiger partial charge in [-0.1, -0.05) is 42.0 Å². The molecular formula is C24H19N3OS. The molecule has 0 aliphatic carbocycles. The van der Waals surface area contributed by atoms with Crippen LogP contribution >= 0.6 is 11.8 Å². The van der Waals surface area contributed by atoms with E-state index in [-0.39, 0.29) is 10.9 Å². The van der Waals surface area contributed by atoms with Crippen LogP contribution in [0.2, 0.25) is 0 Å². The number of nitrogens with two attached hydrogens (primary N) is 1. The predicted octanol–water partition coefficient (Wildman–Crippen LogP) is 5.39. The van der Waals surface area contributed by atoms with E-state index in [9.17, 15) is 10.5 Å². The summed E-state index contributed by atoms with van der Waals surface area (Å²) < 4.78 is 5.26. The standard InChI is InChI=1S/C24H19N3OS/c1-14-3-5-16(6-4-14)22-20(13-26)23(27)19(12-25)18-11-21(29-24(18)22)15-7-9-17(28-2)10-8-15/h3-10,21H,11,27H2,1-2H3. The zero-order chi connectivity index (χ0) is 20.5. The van der Waals surface area contributed by atoms with E-state index >= 15 is 0 Å². The van der Waals surface area contributed by atoms with Gasteiger partial charge in [0, 0.05) is 15.7 Å². The molecular weight excluding hydrogens is 378 g/mol. The van der Waals surface area contributed by atoms with E-state index in [0.29, 0.717) is 17.5 Å². The summed E-state index contributed by atoms with van der Waals surface area (Å²) in [7, 11) is 1.65. The monoisotopic (exact) mass is 397 g/mol. The highest BCUT2D eigenvalue weighted by atomic mass is 32.2. The number of nitriles is 2. The average Bonchev–Trinajstić information content (AvgIpc) is 3.18. The van der Waals surface area contributed by atoms with E-state index in [4.69, 9.17) is 10.5 Å². The molecule has 0 saturated carbocycles. The third-order valence-corrected chi connectivity index (χ3v) is 6.70. The van der Waals surface area contributed by atoms with Crippen LogP contribution in [0.15, 0.2) is 53.4 Å². The first-order valence-electron chi connectivity index (χ1n) is 9.23. The number of ether oxygens (including phenoxy) is 1. The minimum Gasteiger partial charge on any atom is -0.497 e. The second-order valence-corrected chi connectivity index (χ2v) is 8.23. The molecule has 0 aromatic heterocycles. The van der Waals surface area contributed by atoms with Gasteiger partial charge in [0.15, 0.2) is 0 Å². The molecule has 0 fully saturated rings. The Morgan fingerprint density at radius 1 is 1.00 bits per heavy atom. The smallest absolute Gasteiger partial charge is 0.118 e. The lowest BCUT2D eigenvalue weighted by Gasteiger charge is -2.15. The van der Waals surface area contributed by atoms with E-state index in [1.807, 2.05) is 43.3 Å². The van der Waals surface area contributed by atoms with Gasteiger partial charge in [-0.05, 0) is 42.2 Å². The van der Waals surface area contributed by atoms with Crippen molar-refractivity contribution in [1.29, 1.82) is 10.5 Å². The number of rotatable bonds is 3. The number of nitrogen functional groups attached to an aromatic ring is 1. The van der Waals surface area contributed by atoms with Gasteiger partial charge in [-0.15, -0.1) is 11.8 Å². The number of thioether (sulfide) groups is 1. The third-order valence-electron chi connectivity index (χ3n) is 5.29. The van der Waals surface area contributed by atoms with Crippen LogP contribution in [0.5, 0.6) is 5.75 Å². The number of fused-ring (bicyclic) bond motifs is 1. The molecule has 4 rings (SSSR count). The van der Waals surface area contributed by atoms with Gasteiger partial charge in [0.25, 0.3) is 0 Å². The number of methoxy groups -OCH3 is 1. The molecule has 29 heavy (non-hydrogen) atoms. The molecule has 3 aromatic carbocycles. The first-order valence-corrected chi connectivity index (χ1v) is 10.1. The molecule has 2 N–H and O–H groups in total. The van der Waals surface area contributed by atoms with E-state index in [1.165, 1.54) is 0 Å². The Bertz CT molecular complexity index is 1170. The Hall–Kier alpha value is -3.41. The highest BCUT2D eigenvalue weighted by Gasteiger charge is 2.32. The minimum atomic E-state index is 0.153. The summed E-state index contributed by atoms with van der Waals surface area (Å²) >= 11 is 1.70. The Morgan fingerprint density at radius 2 is 1.66 bits per heavy atom. The molecule has 1 aliphatic heterocycles. The van der Waals surface area contributed by atoms with E-state index < -0.39 is 0 Å². The first-order chi connectivity index (χ1) is 14.1. The van der Waals surface area contributed by atoms with Crippen LogP contribution in [0.25, 0.3) is 11.1 Å². The van der Waals surface area contributed by atoms with E-state index in [2.05, 4.69) is 24.3 Å². The summed E-state index contributed by atoms with van der Waals surface area (Å²) in [6.45, 7) is 2.03. The zero-order valence-electron chi connectivity index (χ0n) is 16.2. The number of benzene rings is 3. The molecule has 1 atom stereocenters. The summed E-state index contributed by atoms with van der Waals surface area (Å²) in [5.41, 5.74) is 12.4. The van der Waals surface area contributed by atoms with Crippen molar-refractivity contribution in [2.45, 2.75) is 23.5 Å². The molecule has 5 heteroatoms. The van der Waals surface area contributed by atoms with Crippen molar-refractivity contribution < 1.29 is 4.74 Å². The quantitative estimate of drug-likeness (QED) is 0.600. The fourth-order valence-corrected chi connectivity index (χ4v) is 5.23. The molecule has 1 heterocycles. The molecule has 0 saturated heterocycles. The Labute approximate surface area is 174 Å². The maximum Gasteiger partial charge on any atom is 0.118 e. The van der Waals surface area contributed by atoms with Crippen LogP contribution < -0.4 is 10.5 Å². The van der Waals surface area contributed by atoms with Crippen LogP contribution in [-0.4, -0.2) is 7.11 Å². The molecule has 1 aliphatic rings. The van der Waals surface area contributed by atoms with Crippen molar-refractivity contribution in [3.8, 4) is 29.0 Å². The SMILES string of the molecule is COc1ccc(C2Cc3c(C#N)c(N)c(C#N)c(-c4ccc(C)cc4)c3S2)cc1. The van der Waals surface area contributed by atoms with Crippen molar-refractivity contribution in [3.63, 3.8) is 0 Å². The molecule has 0 bridgehead atoms. The third kappa shape index (κ3) is 3.20. The van der Waals surface area contributed by atoms with Gasteiger partial charge in [-0.3, -0.25) is 0 Å². The molecule has 0 amide bonds. The van der Waals surface area contributed by atoms with Gasteiger partial charge in [0.05, 0.1) is 23.9 Å². The lowest BCUT2D eigenvalue weighted by atomic mass is 9.90. The van der Waals surface area contributed by atoms with Crippen LogP contribution in [-0.2, 0) is 6.42 Å². The maximum atomic E-state index is 9.84. The summed E-state index contributed by atoms with van der Waals surface area (Å²) in [5, 5.41) is 19.8. The van der Waals surface area contributed by atoms with Gasteiger partial charge in [0.1, 0.15) is 17.9 Å². The van der Waals surface area contributed by atoms with Crippen molar-refractivity contribution in [1.82, 2.24) is 0 Å². The van der Waals surface area contributed by atoms with Gasteiger partial charge in [-0.25, -0.2) is 0 Å². The van der Waals surface area contributed by atoms with Crippen LogP contribution in [0, 0.1) is 29.6 Å². The molecule has 142 valence electrons. The van der Waals surface area contributed by atoms with Crippen molar-refractivity contribution >= 4 is 17.4 Å². The second-order valence-electron chi connectivity index (χ2n) is 7.02. The minimum absolute atomic E-state index is 0.153. The van der Waals surface area contributed by atoms with Gasteiger partial charge in [-0.2, -0.15) is 10.5 Å². The molecule has 1 unspecified atom stereocenters. The Morgan fingerprint density at radius 3 is 2.24 bits per heavy atom. The molecule has 4 nitrogen and oxygen atoms in total. The summed E-state index contributed by atoms with van der Waals surface area (Å²) in [6.07, 6.45) is 0.698. The van der Waals surface area contributed by atoms with Gasteiger partial charge < -0.3 is 10.5 Å². The van der Waals surface area contributed by atoms with Gasteiger partial charge in [0.2, 0.25) is 0 Å². The lowest BCUT2D eigenvalue weighted by Crippen LogP contribution is -2.03. The summed E-state index contributed by atoms with van der Waals surface area (Å²) in [6, 6.07) is 20.5. The Balaban J connectivity index is 1.89. The van der Waals surface area contributed by atoms with E-state index in [1.54, 1.807) is 18.9 Å². The lowest BCUT2D eigenvalue weighted by molar-refractivity contribution is 0.414. The van der Waals surface area contributed by atoms with Crippen LogP contribution in [0.1, 0.15) is 33.1 Å².